The third-order valence-electron chi connectivity index (χ3n) is 2.37. The van der Waals surface area contributed by atoms with Crippen molar-refractivity contribution in [3.63, 3.8) is 0 Å². The lowest BCUT2D eigenvalue weighted by Crippen LogP contribution is -2.27. The smallest absolute Gasteiger partial charge is 0.336 e. The second-order valence-electron chi connectivity index (χ2n) is 3.72. The van der Waals surface area contributed by atoms with Gasteiger partial charge in [0.05, 0.1) is 5.56 Å². The van der Waals surface area contributed by atoms with E-state index in [-0.39, 0.29) is 9.77 Å². The maximum absolute atomic E-state index is 12.1. The van der Waals surface area contributed by atoms with E-state index in [2.05, 4.69) is 6.58 Å². The fraction of sp³-hybridized carbons (Fsp3) is 0.364. The lowest BCUT2D eigenvalue weighted by Gasteiger charge is -2.15. The highest BCUT2D eigenvalue weighted by Crippen LogP contribution is 2.23. The number of sulfonamides is 1. The molecule has 0 fully saturated rings. The molecule has 0 aliphatic rings. The van der Waals surface area contributed by atoms with Crippen LogP contribution in [0.1, 0.15) is 23.2 Å². The van der Waals surface area contributed by atoms with Gasteiger partial charge in [0.1, 0.15) is 4.21 Å². The Morgan fingerprint density at radius 1 is 1.61 bits per heavy atom. The molecule has 18 heavy (non-hydrogen) atoms. The number of hydrogen-bond donors (Lipinski definition) is 1. The third kappa shape index (κ3) is 3.41. The lowest BCUT2D eigenvalue weighted by molar-refractivity contribution is 0.0697. The van der Waals surface area contributed by atoms with Crippen LogP contribution in [0.15, 0.2) is 28.3 Å². The number of aromatic carboxylic acids is 1. The minimum absolute atomic E-state index is 0.00179. The van der Waals surface area contributed by atoms with E-state index in [9.17, 15) is 13.2 Å². The van der Waals surface area contributed by atoms with Crippen LogP contribution >= 0.6 is 11.3 Å². The molecule has 0 radical (unpaired) electrons. The van der Waals surface area contributed by atoms with E-state index in [0.717, 1.165) is 17.8 Å². The zero-order valence-electron chi connectivity index (χ0n) is 10.00. The van der Waals surface area contributed by atoms with Gasteiger partial charge in [-0.15, -0.1) is 17.9 Å². The number of allylic oxidation sites excluding steroid dienone is 1. The first kappa shape index (κ1) is 14.9. The highest BCUT2D eigenvalue weighted by molar-refractivity contribution is 7.91. The van der Waals surface area contributed by atoms with E-state index < -0.39 is 16.0 Å². The standard InChI is InChI=1S/C11H15NO4S2/c1-3-4-5-6-12(2)18(15,16)10-7-9(8-17-10)11(13)14/h3,7-8H,1,4-6H2,2H3,(H,13,14). The van der Waals surface area contributed by atoms with Crippen LogP contribution in [-0.2, 0) is 10.0 Å². The summed E-state index contributed by atoms with van der Waals surface area (Å²) in [7, 11) is -2.09. The average Bonchev–Trinajstić information content (AvgIpc) is 2.79. The van der Waals surface area contributed by atoms with Gasteiger partial charge in [0, 0.05) is 19.0 Å². The molecule has 0 aliphatic carbocycles. The first-order chi connectivity index (χ1) is 8.39. The number of carboxylic acids is 1. The molecule has 0 saturated carbocycles. The minimum atomic E-state index is -3.58. The summed E-state index contributed by atoms with van der Waals surface area (Å²) in [5, 5.41) is 10.1. The van der Waals surface area contributed by atoms with Gasteiger partial charge in [0.2, 0.25) is 0 Å². The Hall–Kier alpha value is -1.18. The van der Waals surface area contributed by atoms with Crippen molar-refractivity contribution < 1.29 is 18.3 Å². The monoisotopic (exact) mass is 289 g/mol. The summed E-state index contributed by atoms with van der Waals surface area (Å²) in [4.78, 5) is 10.7. The molecular weight excluding hydrogens is 274 g/mol. The van der Waals surface area contributed by atoms with Gasteiger partial charge in [-0.25, -0.2) is 17.5 Å². The predicted molar refractivity (Wildman–Crippen MR) is 70.5 cm³/mol. The zero-order valence-corrected chi connectivity index (χ0v) is 11.6. The highest BCUT2D eigenvalue weighted by atomic mass is 32.2. The fourth-order valence-corrected chi connectivity index (χ4v) is 3.87. The van der Waals surface area contributed by atoms with Gasteiger partial charge in [-0.2, -0.15) is 0 Å². The number of thiophene rings is 1. The van der Waals surface area contributed by atoms with Crippen molar-refractivity contribution in [2.24, 2.45) is 0 Å². The summed E-state index contributed by atoms with van der Waals surface area (Å²) >= 11 is 0.922. The molecule has 7 heteroatoms. The minimum Gasteiger partial charge on any atom is -0.478 e. The number of rotatable bonds is 7. The predicted octanol–water partition coefficient (Wildman–Crippen LogP) is 2.03. The Bertz CT molecular complexity index is 533. The third-order valence-corrected chi connectivity index (χ3v) is 5.64. The van der Waals surface area contributed by atoms with E-state index in [0.29, 0.717) is 13.0 Å². The second kappa shape index (κ2) is 6.12. The van der Waals surface area contributed by atoms with Gasteiger partial charge in [0.25, 0.3) is 10.0 Å². The Balaban J connectivity index is 2.84. The molecule has 0 aliphatic heterocycles. The highest BCUT2D eigenvalue weighted by Gasteiger charge is 2.23. The SMILES string of the molecule is C=CCCCN(C)S(=O)(=O)c1cc(C(=O)O)cs1. The van der Waals surface area contributed by atoms with Gasteiger partial charge in [0.15, 0.2) is 0 Å². The molecule has 0 amide bonds. The van der Waals surface area contributed by atoms with Crippen LogP contribution in [0, 0.1) is 0 Å². The number of hydrogen-bond acceptors (Lipinski definition) is 4. The van der Waals surface area contributed by atoms with E-state index >= 15 is 0 Å². The van der Waals surface area contributed by atoms with Gasteiger partial charge in [-0.1, -0.05) is 6.08 Å². The van der Waals surface area contributed by atoms with Crippen molar-refractivity contribution in [2.45, 2.75) is 17.1 Å². The van der Waals surface area contributed by atoms with Crippen LogP contribution in [0.25, 0.3) is 0 Å². The zero-order chi connectivity index (χ0) is 13.8. The molecule has 0 bridgehead atoms. The number of carboxylic acid groups (broad SMARTS) is 1. The first-order valence-electron chi connectivity index (χ1n) is 5.28. The van der Waals surface area contributed by atoms with Crippen LogP contribution in [0.5, 0.6) is 0 Å². The van der Waals surface area contributed by atoms with Crippen LogP contribution in [0.2, 0.25) is 0 Å². The summed E-state index contributed by atoms with van der Waals surface area (Å²) in [6.07, 6.45) is 3.16. The molecule has 5 nitrogen and oxygen atoms in total. The van der Waals surface area contributed by atoms with Crippen molar-refractivity contribution in [3.05, 3.63) is 29.7 Å². The summed E-state index contributed by atoms with van der Waals surface area (Å²) in [6, 6.07) is 1.19. The fourth-order valence-electron chi connectivity index (χ4n) is 1.30. The van der Waals surface area contributed by atoms with E-state index in [1.54, 1.807) is 6.08 Å². The Labute approximate surface area is 110 Å². The molecule has 0 aromatic carbocycles. The quantitative estimate of drug-likeness (QED) is 0.615. The summed E-state index contributed by atoms with van der Waals surface area (Å²) in [6.45, 7) is 3.95. The average molecular weight is 289 g/mol. The van der Waals surface area contributed by atoms with Crippen LogP contribution in [0.3, 0.4) is 0 Å². The normalized spacial score (nSPS) is 11.7. The molecule has 0 saturated heterocycles. The molecule has 0 atom stereocenters. The first-order valence-corrected chi connectivity index (χ1v) is 7.60. The van der Waals surface area contributed by atoms with Crippen LogP contribution < -0.4 is 0 Å². The largest absolute Gasteiger partial charge is 0.478 e. The maximum Gasteiger partial charge on any atom is 0.336 e. The summed E-state index contributed by atoms with van der Waals surface area (Å²) in [5.41, 5.74) is -0.00179. The molecule has 1 N–H and O–H groups in total. The van der Waals surface area contributed by atoms with Crippen molar-refractivity contribution in [1.82, 2.24) is 4.31 Å². The molecule has 1 rings (SSSR count). The Morgan fingerprint density at radius 3 is 2.78 bits per heavy atom. The Kier molecular flexibility index (Phi) is 5.06. The number of unbranched alkanes of at least 4 members (excludes halogenated alkanes) is 1. The summed E-state index contributed by atoms with van der Waals surface area (Å²) in [5.74, 6) is -1.12. The topological polar surface area (TPSA) is 74.7 Å². The van der Waals surface area contributed by atoms with Crippen LogP contribution in [-0.4, -0.2) is 37.4 Å². The van der Waals surface area contributed by atoms with Gasteiger partial charge in [-0.05, 0) is 18.9 Å². The maximum atomic E-state index is 12.1. The van der Waals surface area contributed by atoms with Crippen molar-refractivity contribution in [3.8, 4) is 0 Å². The second-order valence-corrected chi connectivity index (χ2v) is 6.90. The summed E-state index contributed by atoms with van der Waals surface area (Å²) < 4.78 is 25.4. The Morgan fingerprint density at radius 2 is 2.28 bits per heavy atom. The molecule has 0 unspecified atom stereocenters. The van der Waals surface area contributed by atoms with Crippen molar-refractivity contribution in [1.29, 1.82) is 0 Å². The van der Waals surface area contributed by atoms with Gasteiger partial charge < -0.3 is 5.11 Å². The molecule has 0 spiro atoms. The molecule has 100 valence electrons. The molecular formula is C11H15NO4S2. The van der Waals surface area contributed by atoms with E-state index in [1.165, 1.54) is 22.8 Å². The number of carbonyl (C=O) groups is 1. The van der Waals surface area contributed by atoms with E-state index in [4.69, 9.17) is 5.11 Å². The van der Waals surface area contributed by atoms with Gasteiger partial charge in [-0.3, -0.25) is 0 Å². The van der Waals surface area contributed by atoms with Gasteiger partial charge >= 0.3 is 5.97 Å². The van der Waals surface area contributed by atoms with Crippen molar-refractivity contribution >= 4 is 27.3 Å². The molecule has 1 aromatic rings. The van der Waals surface area contributed by atoms with Crippen molar-refractivity contribution in [2.75, 3.05) is 13.6 Å². The van der Waals surface area contributed by atoms with Crippen LogP contribution in [0.4, 0.5) is 0 Å². The lowest BCUT2D eigenvalue weighted by atomic mass is 10.3. The molecule has 1 heterocycles. The molecule has 1 aromatic heterocycles. The van der Waals surface area contributed by atoms with E-state index in [1.807, 2.05) is 0 Å². The number of nitrogens with zero attached hydrogens (tertiary/aromatic N) is 1.